The molecule has 1 heterocycles. The number of hydrogen-bond donors (Lipinski definition) is 3. The molecule has 18 heavy (non-hydrogen) atoms. The van der Waals surface area contributed by atoms with Gasteiger partial charge in [0.1, 0.15) is 11.6 Å². The van der Waals surface area contributed by atoms with Gasteiger partial charge >= 0.3 is 0 Å². The molecule has 0 unspecified atom stereocenters. The Morgan fingerprint density at radius 2 is 2.11 bits per heavy atom. The van der Waals surface area contributed by atoms with Crippen molar-refractivity contribution in [2.24, 2.45) is 0 Å². The molecule has 4 N–H and O–H groups in total. The summed E-state index contributed by atoms with van der Waals surface area (Å²) >= 11 is 0. The third-order valence-corrected chi connectivity index (χ3v) is 2.49. The number of hydrogen-bond acceptors (Lipinski definition) is 4. The number of phenolic OH excluding ortho intramolecular Hbond substituents is 1. The van der Waals surface area contributed by atoms with Gasteiger partial charge in [-0.15, -0.1) is 0 Å². The summed E-state index contributed by atoms with van der Waals surface area (Å²) in [5, 5.41) is 12.0. The highest BCUT2D eigenvalue weighted by Crippen LogP contribution is 2.17. The number of carbonyl (C=O) groups excluding carboxylic acids is 1. The van der Waals surface area contributed by atoms with Gasteiger partial charge in [0.05, 0.1) is 11.9 Å². The average Bonchev–Trinajstić information content (AvgIpc) is 2.35. The van der Waals surface area contributed by atoms with Crippen molar-refractivity contribution in [2.45, 2.75) is 6.92 Å². The molecule has 0 spiro atoms. The van der Waals surface area contributed by atoms with Crippen LogP contribution in [0.4, 0.5) is 11.5 Å². The topological polar surface area (TPSA) is 88.2 Å². The highest BCUT2D eigenvalue weighted by Gasteiger charge is 2.08. The summed E-state index contributed by atoms with van der Waals surface area (Å²) in [5.74, 6) is 0.312. The van der Waals surface area contributed by atoms with Gasteiger partial charge in [-0.05, 0) is 42.8 Å². The summed E-state index contributed by atoms with van der Waals surface area (Å²) in [6, 6.07) is 7.93. The summed E-state index contributed by atoms with van der Waals surface area (Å²) in [4.78, 5) is 15.9. The maximum Gasteiger partial charge on any atom is 0.256 e. The van der Waals surface area contributed by atoms with Crippen LogP contribution in [0.2, 0.25) is 0 Å². The first-order chi connectivity index (χ1) is 8.56. The zero-order valence-corrected chi connectivity index (χ0v) is 9.84. The number of nitrogen functional groups attached to an aromatic ring is 1. The summed E-state index contributed by atoms with van der Waals surface area (Å²) < 4.78 is 0. The van der Waals surface area contributed by atoms with Crippen LogP contribution in [-0.4, -0.2) is 16.0 Å². The number of carbonyl (C=O) groups is 1. The normalized spacial score (nSPS) is 10.1. The maximum atomic E-state index is 11.9. The van der Waals surface area contributed by atoms with Gasteiger partial charge in [-0.2, -0.15) is 0 Å². The lowest BCUT2D eigenvalue weighted by Crippen LogP contribution is -2.13. The molecule has 0 bridgehead atoms. The number of aryl methyl sites for hydroxylation is 1. The van der Waals surface area contributed by atoms with E-state index in [1.54, 1.807) is 31.2 Å². The minimum Gasteiger partial charge on any atom is -0.508 e. The van der Waals surface area contributed by atoms with Gasteiger partial charge in [0.25, 0.3) is 5.91 Å². The fourth-order valence-corrected chi connectivity index (χ4v) is 1.46. The van der Waals surface area contributed by atoms with Crippen LogP contribution in [0.25, 0.3) is 0 Å². The zero-order valence-electron chi connectivity index (χ0n) is 9.84. The number of anilines is 2. The van der Waals surface area contributed by atoms with Crippen LogP contribution in [0.1, 0.15) is 15.9 Å². The Kier molecular flexibility index (Phi) is 3.14. The van der Waals surface area contributed by atoms with E-state index in [1.807, 2.05) is 0 Å². The lowest BCUT2D eigenvalue weighted by molar-refractivity contribution is 0.102. The molecule has 0 saturated carbocycles. The number of amides is 1. The number of nitrogens with one attached hydrogen (secondary N) is 1. The van der Waals surface area contributed by atoms with Gasteiger partial charge in [-0.3, -0.25) is 4.79 Å². The molecule has 1 aromatic carbocycles. The van der Waals surface area contributed by atoms with Gasteiger partial charge in [0.15, 0.2) is 0 Å². The van der Waals surface area contributed by atoms with Crippen LogP contribution >= 0.6 is 0 Å². The molecule has 0 fully saturated rings. The predicted octanol–water partition coefficient (Wildman–Crippen LogP) is 1.93. The van der Waals surface area contributed by atoms with Crippen molar-refractivity contribution in [3.05, 3.63) is 47.7 Å². The Bertz CT molecular complexity index is 579. The summed E-state index contributed by atoms with van der Waals surface area (Å²) in [5.41, 5.74) is 7.15. The van der Waals surface area contributed by atoms with Gasteiger partial charge in [0.2, 0.25) is 0 Å². The van der Waals surface area contributed by atoms with Crippen molar-refractivity contribution < 1.29 is 9.90 Å². The number of nitrogens with two attached hydrogens (primary N) is 1. The molecule has 5 heteroatoms. The van der Waals surface area contributed by atoms with E-state index in [9.17, 15) is 9.90 Å². The molecule has 92 valence electrons. The first-order valence-electron chi connectivity index (χ1n) is 5.39. The van der Waals surface area contributed by atoms with E-state index < -0.39 is 0 Å². The first-order valence-corrected chi connectivity index (χ1v) is 5.39. The molecule has 0 radical (unpaired) electrons. The Morgan fingerprint density at radius 3 is 2.72 bits per heavy atom. The minimum absolute atomic E-state index is 0.164. The van der Waals surface area contributed by atoms with E-state index in [0.717, 1.165) is 0 Å². The Hall–Kier alpha value is -2.56. The van der Waals surface area contributed by atoms with Crippen LogP contribution in [-0.2, 0) is 0 Å². The summed E-state index contributed by atoms with van der Waals surface area (Å²) in [6.45, 7) is 1.73. The molecule has 1 aromatic heterocycles. The maximum absolute atomic E-state index is 11.9. The smallest absolute Gasteiger partial charge is 0.256 e. The molecule has 0 aliphatic carbocycles. The highest BCUT2D eigenvalue weighted by molar-refractivity contribution is 6.04. The second-order valence-corrected chi connectivity index (χ2v) is 3.93. The van der Waals surface area contributed by atoms with Gasteiger partial charge in [0, 0.05) is 5.56 Å². The number of aromatic hydroxyl groups is 1. The van der Waals surface area contributed by atoms with E-state index in [1.165, 1.54) is 12.3 Å². The zero-order chi connectivity index (χ0) is 13.1. The van der Waals surface area contributed by atoms with E-state index in [-0.39, 0.29) is 11.7 Å². The van der Waals surface area contributed by atoms with Crippen LogP contribution in [0.15, 0.2) is 36.5 Å². The van der Waals surface area contributed by atoms with Crippen molar-refractivity contribution in [1.82, 2.24) is 4.98 Å². The molecular formula is C13H13N3O2. The van der Waals surface area contributed by atoms with E-state index in [0.29, 0.717) is 22.6 Å². The third kappa shape index (κ3) is 2.57. The number of rotatable bonds is 2. The number of aromatic nitrogens is 1. The average molecular weight is 243 g/mol. The van der Waals surface area contributed by atoms with Crippen LogP contribution < -0.4 is 11.1 Å². The van der Waals surface area contributed by atoms with Gasteiger partial charge < -0.3 is 16.2 Å². The summed E-state index contributed by atoms with van der Waals surface area (Å²) in [6.07, 6.45) is 1.47. The number of phenols is 1. The highest BCUT2D eigenvalue weighted by atomic mass is 16.3. The molecule has 2 rings (SSSR count). The van der Waals surface area contributed by atoms with Crippen molar-refractivity contribution in [3.63, 3.8) is 0 Å². The lowest BCUT2D eigenvalue weighted by Gasteiger charge is -2.06. The Labute approximate surface area is 104 Å². The standard InChI is InChI=1S/C13H13N3O2/c1-8-6-9(2-4-11(8)17)13(18)16-12-5-3-10(14)7-15-12/h2-7,17H,14H2,1H3,(H,15,16,18). The number of pyridine rings is 1. The molecule has 0 atom stereocenters. The monoisotopic (exact) mass is 243 g/mol. The van der Waals surface area contributed by atoms with E-state index >= 15 is 0 Å². The van der Waals surface area contributed by atoms with E-state index in [2.05, 4.69) is 10.3 Å². The largest absolute Gasteiger partial charge is 0.508 e. The van der Waals surface area contributed by atoms with Crippen LogP contribution in [0.3, 0.4) is 0 Å². The fraction of sp³-hybridized carbons (Fsp3) is 0.0769. The van der Waals surface area contributed by atoms with Crippen molar-refractivity contribution >= 4 is 17.4 Å². The predicted molar refractivity (Wildman–Crippen MR) is 69.4 cm³/mol. The molecular weight excluding hydrogens is 230 g/mol. The molecule has 1 amide bonds. The van der Waals surface area contributed by atoms with Crippen molar-refractivity contribution in [2.75, 3.05) is 11.1 Å². The quantitative estimate of drug-likeness (QED) is 0.752. The fourth-order valence-electron chi connectivity index (χ4n) is 1.46. The SMILES string of the molecule is Cc1cc(C(=O)Nc2ccc(N)cn2)ccc1O. The number of nitrogens with zero attached hydrogens (tertiary/aromatic N) is 1. The first kappa shape index (κ1) is 11.9. The van der Waals surface area contributed by atoms with Crippen molar-refractivity contribution in [3.8, 4) is 5.75 Å². The minimum atomic E-state index is -0.282. The van der Waals surface area contributed by atoms with Gasteiger partial charge in [-0.1, -0.05) is 0 Å². The molecule has 5 nitrogen and oxygen atoms in total. The van der Waals surface area contributed by atoms with Crippen molar-refractivity contribution in [1.29, 1.82) is 0 Å². The Balaban J connectivity index is 2.16. The van der Waals surface area contributed by atoms with Crippen LogP contribution in [0, 0.1) is 6.92 Å². The second-order valence-electron chi connectivity index (χ2n) is 3.93. The molecule has 0 aliphatic rings. The van der Waals surface area contributed by atoms with E-state index in [4.69, 9.17) is 5.73 Å². The molecule has 0 aliphatic heterocycles. The van der Waals surface area contributed by atoms with Gasteiger partial charge in [-0.25, -0.2) is 4.98 Å². The number of benzene rings is 1. The second kappa shape index (κ2) is 4.75. The third-order valence-electron chi connectivity index (χ3n) is 2.49. The molecule has 2 aromatic rings. The lowest BCUT2D eigenvalue weighted by atomic mass is 10.1. The molecule has 0 saturated heterocycles. The Morgan fingerprint density at radius 1 is 1.33 bits per heavy atom. The van der Waals surface area contributed by atoms with Crippen LogP contribution in [0.5, 0.6) is 5.75 Å². The summed E-state index contributed by atoms with van der Waals surface area (Å²) in [7, 11) is 0.